The van der Waals surface area contributed by atoms with Crippen LogP contribution in [0.5, 0.6) is 0 Å². The molecule has 2 bridgehead atoms. The van der Waals surface area contributed by atoms with E-state index in [0.29, 0.717) is 13.2 Å². The molecule has 2 aliphatic rings. The second kappa shape index (κ2) is 5.98. The largest absolute Gasteiger partial charge is 0.378 e. The van der Waals surface area contributed by atoms with Crippen LogP contribution in [0.1, 0.15) is 12.5 Å². The maximum absolute atomic E-state index is 12.1. The number of nitrogens with zero attached hydrogens (tertiary/aromatic N) is 2. The number of hydrogen-bond acceptors (Lipinski definition) is 3. The minimum Gasteiger partial charge on any atom is -0.378 e. The fraction of sp³-hybridized carbons (Fsp3) is 0.500. The minimum atomic E-state index is -0.0538. The van der Waals surface area contributed by atoms with Crippen molar-refractivity contribution in [2.24, 2.45) is 5.92 Å². The van der Waals surface area contributed by atoms with Crippen molar-refractivity contribution in [3.63, 3.8) is 0 Å². The van der Waals surface area contributed by atoms with E-state index in [0.717, 1.165) is 26.2 Å². The lowest BCUT2D eigenvalue weighted by Gasteiger charge is -2.27. The van der Waals surface area contributed by atoms with Crippen LogP contribution in [0.2, 0.25) is 0 Å². The number of benzene rings is 1. The lowest BCUT2D eigenvalue weighted by molar-refractivity contribution is -0.125. The predicted octanol–water partition coefficient (Wildman–Crippen LogP) is 1.61. The molecule has 0 spiro atoms. The highest BCUT2D eigenvalue weighted by molar-refractivity contribution is 5.83. The zero-order chi connectivity index (χ0) is 15.8. The normalized spacial score (nSPS) is 25.3. The average Bonchev–Trinajstić information content (AvgIpc) is 2.80. The Labute approximate surface area is 136 Å². The number of fused-ring (bicyclic) bond motifs is 4. The summed E-state index contributed by atoms with van der Waals surface area (Å²) in [4.78, 5) is 14.5. The Morgan fingerprint density at radius 3 is 3.04 bits per heavy atom. The average molecular weight is 313 g/mol. The van der Waals surface area contributed by atoms with Crippen LogP contribution < -0.4 is 5.32 Å². The van der Waals surface area contributed by atoms with E-state index in [9.17, 15) is 4.79 Å². The lowest BCUT2D eigenvalue weighted by Crippen LogP contribution is -2.41. The SMILES string of the molecule is CCn1ccc2c(CN3C[C@H]4COC[C@@H](C3)C(=O)N4)cccc21. The molecule has 1 amide bonds. The van der Waals surface area contributed by atoms with E-state index in [4.69, 9.17) is 4.74 Å². The van der Waals surface area contributed by atoms with Crippen molar-refractivity contribution < 1.29 is 9.53 Å². The molecular formula is C18H23N3O2. The van der Waals surface area contributed by atoms with Gasteiger partial charge in [0.2, 0.25) is 5.91 Å². The summed E-state index contributed by atoms with van der Waals surface area (Å²) in [7, 11) is 0. The van der Waals surface area contributed by atoms with Crippen molar-refractivity contribution in [3.05, 3.63) is 36.0 Å². The van der Waals surface area contributed by atoms with Crippen LogP contribution >= 0.6 is 0 Å². The molecule has 2 aromatic rings. The van der Waals surface area contributed by atoms with E-state index < -0.39 is 0 Å². The summed E-state index contributed by atoms with van der Waals surface area (Å²) in [5.74, 6) is 0.0901. The van der Waals surface area contributed by atoms with Gasteiger partial charge in [0.15, 0.2) is 0 Å². The summed E-state index contributed by atoms with van der Waals surface area (Å²) >= 11 is 0. The second-order valence-corrected chi connectivity index (χ2v) is 6.59. The number of aromatic nitrogens is 1. The Kier molecular flexibility index (Phi) is 3.83. The molecule has 2 atom stereocenters. The first-order valence-electron chi connectivity index (χ1n) is 8.42. The van der Waals surface area contributed by atoms with Crippen molar-refractivity contribution in [1.29, 1.82) is 0 Å². The summed E-state index contributed by atoms with van der Waals surface area (Å²) < 4.78 is 7.88. The van der Waals surface area contributed by atoms with Gasteiger partial charge in [-0.1, -0.05) is 12.1 Å². The molecule has 2 saturated heterocycles. The van der Waals surface area contributed by atoms with Gasteiger partial charge in [0, 0.05) is 43.3 Å². The monoisotopic (exact) mass is 313 g/mol. The fourth-order valence-corrected chi connectivity index (χ4v) is 3.79. The van der Waals surface area contributed by atoms with Crippen LogP contribution in [-0.2, 0) is 22.6 Å². The molecule has 0 aliphatic carbocycles. The first-order valence-corrected chi connectivity index (χ1v) is 8.42. The van der Waals surface area contributed by atoms with Crippen LogP contribution in [-0.4, -0.2) is 47.7 Å². The number of nitrogens with one attached hydrogen (secondary N) is 1. The second-order valence-electron chi connectivity index (χ2n) is 6.59. The van der Waals surface area contributed by atoms with Crippen LogP contribution in [0, 0.1) is 5.92 Å². The quantitative estimate of drug-likeness (QED) is 0.936. The summed E-state index contributed by atoms with van der Waals surface area (Å²) in [6.07, 6.45) is 2.16. The summed E-state index contributed by atoms with van der Waals surface area (Å²) in [6, 6.07) is 8.83. The highest BCUT2D eigenvalue weighted by atomic mass is 16.5. The van der Waals surface area contributed by atoms with Gasteiger partial charge in [-0.05, 0) is 24.6 Å². The van der Waals surface area contributed by atoms with Gasteiger partial charge in [-0.3, -0.25) is 9.69 Å². The molecule has 0 unspecified atom stereocenters. The molecule has 3 heterocycles. The van der Waals surface area contributed by atoms with Gasteiger partial charge in [0.1, 0.15) is 0 Å². The number of hydrogen-bond donors (Lipinski definition) is 1. The molecular weight excluding hydrogens is 290 g/mol. The van der Waals surface area contributed by atoms with Gasteiger partial charge in [-0.15, -0.1) is 0 Å². The van der Waals surface area contributed by atoms with Crippen LogP contribution in [0.25, 0.3) is 10.9 Å². The highest BCUT2D eigenvalue weighted by Crippen LogP contribution is 2.23. The molecule has 0 radical (unpaired) electrons. The zero-order valence-electron chi connectivity index (χ0n) is 13.5. The molecule has 2 fully saturated rings. The summed E-state index contributed by atoms with van der Waals surface area (Å²) in [5.41, 5.74) is 2.63. The van der Waals surface area contributed by atoms with E-state index in [1.165, 1.54) is 16.5 Å². The van der Waals surface area contributed by atoms with Crippen molar-refractivity contribution in [3.8, 4) is 0 Å². The number of carbonyl (C=O) groups excluding carboxylic acids is 1. The van der Waals surface area contributed by atoms with E-state index in [2.05, 4.69) is 52.2 Å². The number of rotatable bonds is 3. The van der Waals surface area contributed by atoms with Gasteiger partial charge in [0.05, 0.1) is 25.2 Å². The van der Waals surface area contributed by atoms with Crippen molar-refractivity contribution in [2.75, 3.05) is 26.3 Å². The molecule has 4 rings (SSSR count). The molecule has 5 heteroatoms. The molecule has 2 aliphatic heterocycles. The minimum absolute atomic E-state index is 0.0538. The van der Waals surface area contributed by atoms with E-state index >= 15 is 0 Å². The molecule has 1 aromatic heterocycles. The molecule has 122 valence electrons. The first-order chi connectivity index (χ1) is 11.2. The lowest BCUT2D eigenvalue weighted by atomic mass is 10.1. The van der Waals surface area contributed by atoms with Crippen LogP contribution in [0.3, 0.4) is 0 Å². The highest BCUT2D eigenvalue weighted by Gasteiger charge is 2.33. The standard InChI is InChI=1S/C18H23N3O2/c1-2-21-7-6-16-13(4-3-5-17(16)21)8-20-9-14-11-23-12-15(10-20)19-18(14)22/h3-7,14-15H,2,8-12H2,1H3,(H,19,22)/t14-,15+/m1/s1. The van der Waals surface area contributed by atoms with Crippen molar-refractivity contribution in [1.82, 2.24) is 14.8 Å². The molecule has 1 aromatic carbocycles. The molecule has 5 nitrogen and oxygen atoms in total. The maximum Gasteiger partial charge on any atom is 0.227 e. The summed E-state index contributed by atoms with van der Waals surface area (Å²) in [6.45, 7) is 6.81. The number of amides is 1. The Morgan fingerprint density at radius 2 is 2.17 bits per heavy atom. The Morgan fingerprint density at radius 1 is 1.26 bits per heavy atom. The zero-order valence-corrected chi connectivity index (χ0v) is 13.5. The van der Waals surface area contributed by atoms with Gasteiger partial charge >= 0.3 is 0 Å². The van der Waals surface area contributed by atoms with Crippen molar-refractivity contribution >= 4 is 16.8 Å². The van der Waals surface area contributed by atoms with Crippen LogP contribution in [0.4, 0.5) is 0 Å². The third kappa shape index (κ3) is 2.75. The Bertz CT molecular complexity index is 724. The Balaban J connectivity index is 1.61. The van der Waals surface area contributed by atoms with Gasteiger partial charge < -0.3 is 14.6 Å². The van der Waals surface area contributed by atoms with Gasteiger partial charge in [-0.2, -0.15) is 0 Å². The summed E-state index contributed by atoms with van der Waals surface area (Å²) in [5, 5.41) is 4.42. The molecule has 0 saturated carbocycles. The predicted molar refractivity (Wildman–Crippen MR) is 89.1 cm³/mol. The maximum atomic E-state index is 12.1. The van der Waals surface area contributed by atoms with E-state index in [-0.39, 0.29) is 17.9 Å². The van der Waals surface area contributed by atoms with Crippen LogP contribution in [0.15, 0.2) is 30.5 Å². The fourth-order valence-electron chi connectivity index (χ4n) is 3.79. The number of aryl methyl sites for hydroxylation is 1. The van der Waals surface area contributed by atoms with Crippen molar-refractivity contribution in [2.45, 2.75) is 26.1 Å². The number of ether oxygens (including phenoxy) is 1. The van der Waals surface area contributed by atoms with Gasteiger partial charge in [0.25, 0.3) is 0 Å². The third-order valence-corrected chi connectivity index (χ3v) is 4.95. The number of carbonyl (C=O) groups is 1. The molecule has 1 N–H and O–H groups in total. The first kappa shape index (κ1) is 14.7. The van der Waals surface area contributed by atoms with Gasteiger partial charge in [-0.25, -0.2) is 0 Å². The smallest absolute Gasteiger partial charge is 0.227 e. The third-order valence-electron chi connectivity index (χ3n) is 4.95. The van der Waals surface area contributed by atoms with E-state index in [1.807, 2.05) is 0 Å². The Hall–Kier alpha value is -1.85. The topological polar surface area (TPSA) is 46.5 Å². The molecule has 23 heavy (non-hydrogen) atoms. The van der Waals surface area contributed by atoms with E-state index in [1.54, 1.807) is 0 Å².